The lowest BCUT2D eigenvalue weighted by Gasteiger charge is -2.09. The Kier molecular flexibility index (Phi) is 4.32. The molecule has 0 aliphatic carbocycles. The summed E-state index contributed by atoms with van der Waals surface area (Å²) in [5.41, 5.74) is 2.04. The number of nitrogens with zero attached hydrogens (tertiary/aromatic N) is 1. The van der Waals surface area contributed by atoms with E-state index in [-0.39, 0.29) is 5.38 Å². The fourth-order valence-electron chi connectivity index (χ4n) is 2.03. The van der Waals surface area contributed by atoms with E-state index >= 15 is 0 Å². The van der Waals surface area contributed by atoms with E-state index in [4.69, 9.17) is 23.2 Å². The maximum Gasteiger partial charge on any atom is 0.0956 e. The van der Waals surface area contributed by atoms with Crippen molar-refractivity contribution < 1.29 is 0 Å². The standard InChI is InChI=1S/C15H10BrCl2NS/c16-10-5-9(6-11(17)7-10)12(18)8-15-19-13-3-1-2-4-14(13)20-15/h1-7,12H,8H2. The van der Waals surface area contributed by atoms with Gasteiger partial charge in [0.2, 0.25) is 0 Å². The summed E-state index contributed by atoms with van der Waals surface area (Å²) in [6, 6.07) is 13.9. The largest absolute Gasteiger partial charge is 0.241 e. The van der Waals surface area contributed by atoms with Crippen LogP contribution < -0.4 is 0 Å². The van der Waals surface area contributed by atoms with Gasteiger partial charge >= 0.3 is 0 Å². The number of alkyl halides is 1. The molecule has 0 aliphatic heterocycles. The monoisotopic (exact) mass is 385 g/mol. The second-order valence-electron chi connectivity index (χ2n) is 4.45. The SMILES string of the molecule is Clc1cc(Br)cc(C(Cl)Cc2nc3ccccc3s2)c1. The zero-order valence-electron chi connectivity index (χ0n) is 10.3. The topological polar surface area (TPSA) is 12.9 Å². The molecule has 0 amide bonds. The van der Waals surface area contributed by atoms with Crippen molar-refractivity contribution in [2.75, 3.05) is 0 Å². The molecular weight excluding hydrogens is 377 g/mol. The van der Waals surface area contributed by atoms with Gasteiger partial charge in [-0.1, -0.05) is 39.7 Å². The summed E-state index contributed by atoms with van der Waals surface area (Å²) in [4.78, 5) is 4.61. The lowest BCUT2D eigenvalue weighted by Crippen LogP contribution is -1.95. The third kappa shape index (κ3) is 3.17. The van der Waals surface area contributed by atoms with Gasteiger partial charge in [-0.15, -0.1) is 22.9 Å². The minimum atomic E-state index is -0.134. The quantitative estimate of drug-likeness (QED) is 0.485. The molecule has 20 heavy (non-hydrogen) atoms. The first kappa shape index (κ1) is 14.3. The molecule has 0 saturated carbocycles. The third-order valence-electron chi connectivity index (χ3n) is 2.94. The average molecular weight is 387 g/mol. The molecule has 0 N–H and O–H groups in total. The van der Waals surface area contributed by atoms with Crippen molar-refractivity contribution in [3.05, 3.63) is 62.5 Å². The number of halogens is 3. The number of para-hydroxylation sites is 1. The Bertz CT molecular complexity index is 703. The first-order valence-electron chi connectivity index (χ1n) is 6.06. The van der Waals surface area contributed by atoms with Crippen molar-refractivity contribution in [1.29, 1.82) is 0 Å². The van der Waals surface area contributed by atoms with Crippen LogP contribution in [0, 0.1) is 0 Å². The predicted octanol–water partition coefficient (Wildman–Crippen LogP) is 6.23. The number of benzene rings is 2. The fourth-order valence-corrected chi connectivity index (χ4v) is 4.30. The Balaban J connectivity index is 1.86. The molecule has 0 bridgehead atoms. The van der Waals surface area contributed by atoms with Gasteiger partial charge in [0.1, 0.15) is 0 Å². The van der Waals surface area contributed by atoms with Gasteiger partial charge in [0, 0.05) is 15.9 Å². The maximum absolute atomic E-state index is 6.50. The molecule has 5 heteroatoms. The third-order valence-corrected chi connectivity index (χ3v) is 5.08. The van der Waals surface area contributed by atoms with E-state index < -0.39 is 0 Å². The molecule has 3 aromatic rings. The number of hydrogen-bond donors (Lipinski definition) is 0. The van der Waals surface area contributed by atoms with Crippen LogP contribution >= 0.6 is 50.5 Å². The van der Waals surface area contributed by atoms with E-state index in [1.807, 2.05) is 36.4 Å². The Hall–Kier alpha value is -0.610. The molecule has 0 aliphatic rings. The van der Waals surface area contributed by atoms with E-state index in [0.29, 0.717) is 11.4 Å². The summed E-state index contributed by atoms with van der Waals surface area (Å²) in [6.45, 7) is 0. The first-order valence-corrected chi connectivity index (χ1v) is 8.49. The van der Waals surface area contributed by atoms with Gasteiger partial charge in [-0.2, -0.15) is 0 Å². The van der Waals surface area contributed by atoms with E-state index in [0.717, 1.165) is 20.6 Å². The molecule has 0 saturated heterocycles. The second-order valence-corrected chi connectivity index (χ2v) is 7.44. The van der Waals surface area contributed by atoms with Gasteiger partial charge in [0.25, 0.3) is 0 Å². The summed E-state index contributed by atoms with van der Waals surface area (Å²) >= 11 is 17.7. The average Bonchev–Trinajstić information content (AvgIpc) is 2.79. The highest BCUT2D eigenvalue weighted by molar-refractivity contribution is 9.10. The fraction of sp³-hybridized carbons (Fsp3) is 0.133. The van der Waals surface area contributed by atoms with Gasteiger partial charge in [-0.05, 0) is 35.9 Å². The number of fused-ring (bicyclic) bond motifs is 1. The van der Waals surface area contributed by atoms with Gasteiger partial charge in [0.15, 0.2) is 0 Å². The predicted molar refractivity (Wildman–Crippen MR) is 91.1 cm³/mol. The van der Waals surface area contributed by atoms with Gasteiger partial charge < -0.3 is 0 Å². The maximum atomic E-state index is 6.50. The summed E-state index contributed by atoms with van der Waals surface area (Å²) < 4.78 is 2.13. The van der Waals surface area contributed by atoms with Gasteiger partial charge in [-0.25, -0.2) is 4.98 Å². The van der Waals surface area contributed by atoms with E-state index in [2.05, 4.69) is 27.0 Å². The van der Waals surface area contributed by atoms with Crippen LogP contribution in [-0.4, -0.2) is 4.98 Å². The van der Waals surface area contributed by atoms with Crippen LogP contribution in [0.15, 0.2) is 46.9 Å². The van der Waals surface area contributed by atoms with Crippen LogP contribution in [0.25, 0.3) is 10.2 Å². The van der Waals surface area contributed by atoms with Gasteiger partial charge in [-0.3, -0.25) is 0 Å². The van der Waals surface area contributed by atoms with Gasteiger partial charge in [0.05, 0.1) is 20.6 Å². The zero-order valence-corrected chi connectivity index (χ0v) is 14.2. The van der Waals surface area contributed by atoms with E-state index in [9.17, 15) is 0 Å². The Morgan fingerprint density at radius 3 is 2.75 bits per heavy atom. The van der Waals surface area contributed by atoms with E-state index in [1.165, 1.54) is 4.70 Å². The number of aromatic nitrogens is 1. The number of hydrogen-bond acceptors (Lipinski definition) is 2. The minimum absolute atomic E-state index is 0.134. The minimum Gasteiger partial charge on any atom is -0.241 e. The van der Waals surface area contributed by atoms with Crippen molar-refractivity contribution in [3.63, 3.8) is 0 Å². The highest BCUT2D eigenvalue weighted by Crippen LogP contribution is 2.32. The molecule has 1 nitrogen and oxygen atoms in total. The lowest BCUT2D eigenvalue weighted by atomic mass is 10.1. The summed E-state index contributed by atoms with van der Waals surface area (Å²) in [5, 5.41) is 1.59. The lowest BCUT2D eigenvalue weighted by molar-refractivity contribution is 0.910. The van der Waals surface area contributed by atoms with Crippen molar-refractivity contribution in [2.45, 2.75) is 11.8 Å². The van der Waals surface area contributed by atoms with Crippen LogP contribution in [0.2, 0.25) is 5.02 Å². The van der Waals surface area contributed by atoms with Crippen molar-refractivity contribution >= 4 is 60.7 Å². The van der Waals surface area contributed by atoms with Crippen molar-refractivity contribution in [2.24, 2.45) is 0 Å². The van der Waals surface area contributed by atoms with Crippen LogP contribution in [0.5, 0.6) is 0 Å². The Morgan fingerprint density at radius 2 is 2.00 bits per heavy atom. The molecule has 3 rings (SSSR count). The molecule has 102 valence electrons. The molecule has 1 aromatic heterocycles. The Morgan fingerprint density at radius 1 is 1.20 bits per heavy atom. The van der Waals surface area contributed by atoms with Crippen LogP contribution in [-0.2, 0) is 6.42 Å². The van der Waals surface area contributed by atoms with E-state index in [1.54, 1.807) is 11.3 Å². The smallest absolute Gasteiger partial charge is 0.0956 e. The molecule has 0 fully saturated rings. The summed E-state index contributed by atoms with van der Waals surface area (Å²) in [5.74, 6) is 0. The molecule has 0 radical (unpaired) electrons. The number of rotatable bonds is 3. The highest BCUT2D eigenvalue weighted by Gasteiger charge is 2.13. The van der Waals surface area contributed by atoms with Crippen molar-refractivity contribution in [3.8, 4) is 0 Å². The molecule has 0 spiro atoms. The molecule has 1 unspecified atom stereocenters. The van der Waals surface area contributed by atoms with Crippen LogP contribution in [0.3, 0.4) is 0 Å². The normalized spacial score (nSPS) is 12.8. The summed E-state index contributed by atoms with van der Waals surface area (Å²) in [6.07, 6.45) is 0.702. The molecular formula is C15H10BrCl2NS. The molecule has 1 heterocycles. The Labute approximate surface area is 139 Å². The highest BCUT2D eigenvalue weighted by atomic mass is 79.9. The molecule has 1 atom stereocenters. The summed E-state index contributed by atoms with van der Waals surface area (Å²) in [7, 11) is 0. The van der Waals surface area contributed by atoms with Crippen LogP contribution in [0.1, 0.15) is 15.9 Å². The number of thiazole rings is 1. The molecule has 2 aromatic carbocycles. The van der Waals surface area contributed by atoms with Crippen molar-refractivity contribution in [1.82, 2.24) is 4.98 Å². The van der Waals surface area contributed by atoms with Crippen LogP contribution in [0.4, 0.5) is 0 Å². The second kappa shape index (κ2) is 6.02. The zero-order chi connectivity index (χ0) is 14.1. The first-order chi connectivity index (χ1) is 9.61.